The highest BCUT2D eigenvalue weighted by molar-refractivity contribution is 7.80. The first-order chi connectivity index (χ1) is 33.5. The number of carbonyl (C=O) groups excluding carboxylic acids is 6. The number of benzene rings is 3. The number of amides is 6. The van der Waals surface area contributed by atoms with Gasteiger partial charge in [0.2, 0.25) is 35.4 Å². The normalized spacial score (nSPS) is 14.5. The maximum absolute atomic E-state index is 14.6. The number of aliphatic hydroxyl groups is 1. The minimum atomic E-state index is -1.64. The Morgan fingerprint density at radius 3 is 1.71 bits per heavy atom. The summed E-state index contributed by atoms with van der Waals surface area (Å²) in [5.74, 6) is -6.44. The molecule has 0 aliphatic heterocycles. The summed E-state index contributed by atoms with van der Waals surface area (Å²) < 4.78 is 0. The molecule has 1 heterocycles. The first-order valence-electron chi connectivity index (χ1n) is 23.0. The number of aliphatic carboxylic acids is 1. The lowest BCUT2D eigenvalue weighted by Gasteiger charge is -2.28. The summed E-state index contributed by atoms with van der Waals surface area (Å²) in [7, 11) is 0. The number of carboxylic acids is 1. The van der Waals surface area contributed by atoms with Gasteiger partial charge in [0, 0.05) is 48.7 Å². The van der Waals surface area contributed by atoms with E-state index in [-0.39, 0.29) is 56.9 Å². The number of aliphatic imine (C=N–C) groups is 1. The molecule has 0 spiro atoms. The zero-order chi connectivity index (χ0) is 51.2. The lowest BCUT2D eigenvalue weighted by molar-refractivity contribution is -0.143. The lowest BCUT2D eigenvalue weighted by Crippen LogP contribution is -2.61. The molecule has 0 saturated carbocycles. The number of fused-ring (bicyclic) bond motifs is 1. The molecule has 0 radical (unpaired) electrons. The van der Waals surface area contributed by atoms with Crippen molar-refractivity contribution in [1.82, 2.24) is 36.9 Å². The van der Waals surface area contributed by atoms with Crippen molar-refractivity contribution in [3.63, 3.8) is 0 Å². The second-order valence-corrected chi connectivity index (χ2v) is 17.2. The Bertz CT molecular complexity index is 2380. The van der Waals surface area contributed by atoms with E-state index in [2.05, 4.69) is 54.5 Å². The Balaban J connectivity index is 1.60. The predicted molar refractivity (Wildman–Crippen MR) is 268 cm³/mol. The third-order valence-electron chi connectivity index (χ3n) is 11.3. The zero-order valence-corrected chi connectivity index (χ0v) is 39.9. The van der Waals surface area contributed by atoms with Gasteiger partial charge in [-0.05, 0) is 68.3 Å². The van der Waals surface area contributed by atoms with Crippen LogP contribution >= 0.6 is 12.6 Å². The number of unbranched alkanes of at least 4 members (excludes halogenated alkanes) is 1. The topological polar surface area (TPSA) is 364 Å². The molecule has 0 bridgehead atoms. The number of nitrogens with two attached hydrogens (primary N) is 4. The van der Waals surface area contributed by atoms with Crippen LogP contribution in [0.2, 0.25) is 0 Å². The molecule has 21 nitrogen and oxygen atoms in total. The average Bonchev–Trinajstić information content (AvgIpc) is 3.75. The number of hydrogen-bond acceptors (Lipinski definition) is 12. The molecular formula is C48H66N12O9S. The van der Waals surface area contributed by atoms with E-state index in [0.717, 1.165) is 10.9 Å². The van der Waals surface area contributed by atoms with E-state index < -0.39 is 89.8 Å². The third kappa shape index (κ3) is 17.8. The zero-order valence-electron chi connectivity index (χ0n) is 39.0. The van der Waals surface area contributed by atoms with Gasteiger partial charge in [-0.15, -0.1) is 0 Å². The van der Waals surface area contributed by atoms with Gasteiger partial charge < -0.3 is 70.0 Å². The first-order valence-corrected chi connectivity index (χ1v) is 23.6. The van der Waals surface area contributed by atoms with Crippen molar-refractivity contribution < 1.29 is 43.8 Å². The van der Waals surface area contributed by atoms with Gasteiger partial charge in [0.15, 0.2) is 5.96 Å². The summed E-state index contributed by atoms with van der Waals surface area (Å²) in [4.78, 5) is 103. The highest BCUT2D eigenvalue weighted by Gasteiger charge is 2.35. The number of aromatic nitrogens is 1. The molecule has 70 heavy (non-hydrogen) atoms. The van der Waals surface area contributed by atoms with Gasteiger partial charge in [0.1, 0.15) is 36.3 Å². The van der Waals surface area contributed by atoms with E-state index in [1.165, 1.54) is 6.92 Å². The third-order valence-corrected chi connectivity index (χ3v) is 11.7. The quantitative estimate of drug-likeness (QED) is 0.0135. The summed E-state index contributed by atoms with van der Waals surface area (Å²) in [5, 5.41) is 37.1. The van der Waals surface area contributed by atoms with Gasteiger partial charge >= 0.3 is 5.97 Å². The fraction of sp³-hybridized carbons (Fsp3) is 0.417. The largest absolute Gasteiger partial charge is 0.480 e. The van der Waals surface area contributed by atoms with Crippen molar-refractivity contribution in [1.29, 1.82) is 0 Å². The number of para-hydroxylation sites is 1. The molecule has 0 aliphatic rings. The molecule has 4 aromatic rings. The van der Waals surface area contributed by atoms with Crippen molar-refractivity contribution in [3.05, 3.63) is 108 Å². The molecule has 1 aromatic heterocycles. The summed E-state index contributed by atoms with van der Waals surface area (Å²) >= 11 is 4.29. The van der Waals surface area contributed by atoms with E-state index in [1.807, 2.05) is 24.3 Å². The molecule has 0 fully saturated rings. The number of hydrogen-bond donors (Lipinski definition) is 14. The van der Waals surface area contributed by atoms with E-state index in [4.69, 9.17) is 22.9 Å². The van der Waals surface area contributed by atoms with Crippen LogP contribution in [0.1, 0.15) is 55.7 Å². The van der Waals surface area contributed by atoms with Crippen LogP contribution in [0.25, 0.3) is 10.9 Å². The van der Waals surface area contributed by atoms with Crippen molar-refractivity contribution in [2.45, 2.75) is 107 Å². The Labute approximate surface area is 411 Å². The van der Waals surface area contributed by atoms with Gasteiger partial charge in [-0.3, -0.25) is 33.8 Å². The molecule has 0 unspecified atom stereocenters. The fourth-order valence-electron chi connectivity index (χ4n) is 7.46. The summed E-state index contributed by atoms with van der Waals surface area (Å²) in [6.45, 7) is 1.75. The summed E-state index contributed by atoms with van der Waals surface area (Å²) in [6, 6.07) is 15.3. The monoisotopic (exact) mass is 986 g/mol. The maximum Gasteiger partial charge on any atom is 0.326 e. The summed E-state index contributed by atoms with van der Waals surface area (Å²) in [5.41, 5.74) is 25.2. The van der Waals surface area contributed by atoms with Crippen molar-refractivity contribution in [2.24, 2.45) is 27.9 Å². The molecule has 6 amide bonds. The number of carbonyl (C=O) groups is 7. The van der Waals surface area contributed by atoms with Gasteiger partial charge in [0.05, 0.1) is 12.1 Å². The second kappa shape index (κ2) is 28.5. The number of thiol groups is 1. The molecular weight excluding hydrogens is 921 g/mol. The molecule has 4 rings (SSSR count). The standard InChI is InChI=1S/C48H66N12O9S/c1-28(61)40(46(67)58-38(47(68)69)24-30-15-6-3-7-16-30)60-42(63)35(20-10-11-21-49)55-44(65)37(25-31-26-54-34-19-9-8-17-32(31)34)57-43(64)36(23-29-13-4-2-5-14-29)56-45(66)39(27-70)59-41(62)33(50)18-12-22-53-48(51)52/h2-9,13-17,19,26,28,33,35-40,54,61,70H,10-12,18,20-25,27,49-50H2,1H3,(H,55,65)(H,56,66)(H,57,64)(H,58,67)(H,59,62)(H,60,63)(H,68,69)(H4,51,52,53)/t28-,33+,35+,36+,37-,38+,39+,40+/m1/s1. The van der Waals surface area contributed by atoms with E-state index >= 15 is 0 Å². The molecule has 22 heteroatoms. The van der Waals surface area contributed by atoms with Gasteiger partial charge in [-0.1, -0.05) is 78.9 Å². The Morgan fingerprint density at radius 2 is 1.14 bits per heavy atom. The van der Waals surface area contributed by atoms with Crippen LogP contribution in [0.15, 0.2) is 96.1 Å². The van der Waals surface area contributed by atoms with Crippen LogP contribution in [-0.4, -0.2) is 130 Å². The van der Waals surface area contributed by atoms with Gasteiger partial charge in [-0.2, -0.15) is 12.6 Å². The SMILES string of the molecule is C[C@@H](O)[C@H](NC(=O)[C@H](CCCCN)NC(=O)[C@@H](Cc1c[nH]c2ccccc12)NC(=O)[C@H](Cc1ccccc1)NC(=O)[C@H](CS)NC(=O)[C@@H](N)CCCN=C(N)N)C(=O)N[C@@H](Cc1ccccc1)C(=O)O. The Kier molecular flexibility index (Phi) is 22.6. The number of carboxylic acid groups (broad SMARTS) is 1. The molecule has 0 saturated heterocycles. The number of aromatic amines is 1. The fourth-order valence-corrected chi connectivity index (χ4v) is 7.72. The average molecular weight is 987 g/mol. The minimum Gasteiger partial charge on any atom is -0.480 e. The lowest BCUT2D eigenvalue weighted by atomic mass is 10.0. The Morgan fingerprint density at radius 1 is 0.629 bits per heavy atom. The van der Waals surface area contributed by atoms with E-state index in [0.29, 0.717) is 36.0 Å². The van der Waals surface area contributed by atoms with E-state index in [9.17, 15) is 43.8 Å². The predicted octanol–water partition coefficient (Wildman–Crippen LogP) is -0.990. The van der Waals surface area contributed by atoms with Crippen LogP contribution < -0.4 is 54.8 Å². The van der Waals surface area contributed by atoms with Crippen LogP contribution in [0.3, 0.4) is 0 Å². The van der Waals surface area contributed by atoms with Gasteiger partial charge in [-0.25, -0.2) is 4.79 Å². The maximum atomic E-state index is 14.6. The van der Waals surface area contributed by atoms with Crippen molar-refractivity contribution in [3.8, 4) is 0 Å². The van der Waals surface area contributed by atoms with Gasteiger partial charge in [0.25, 0.3) is 0 Å². The number of rotatable bonds is 29. The smallest absolute Gasteiger partial charge is 0.326 e. The highest BCUT2D eigenvalue weighted by Crippen LogP contribution is 2.20. The van der Waals surface area contributed by atoms with E-state index in [1.54, 1.807) is 66.9 Å². The van der Waals surface area contributed by atoms with Crippen molar-refractivity contribution >= 4 is 70.9 Å². The summed E-state index contributed by atoms with van der Waals surface area (Å²) in [6.07, 6.45) is 1.37. The second-order valence-electron chi connectivity index (χ2n) is 16.8. The van der Waals surface area contributed by atoms with Crippen LogP contribution in [0, 0.1) is 0 Å². The number of H-pyrrole nitrogens is 1. The van der Waals surface area contributed by atoms with Crippen LogP contribution in [0.4, 0.5) is 0 Å². The van der Waals surface area contributed by atoms with Crippen LogP contribution in [-0.2, 0) is 52.8 Å². The number of nitrogens with one attached hydrogen (secondary N) is 7. The molecule has 0 aliphatic carbocycles. The number of guanidine groups is 1. The Hall–Kier alpha value is -7.01. The molecule has 8 atom stereocenters. The first kappa shape index (κ1) is 55.6. The van der Waals surface area contributed by atoms with Crippen molar-refractivity contribution in [2.75, 3.05) is 18.8 Å². The highest BCUT2D eigenvalue weighted by atomic mass is 32.1. The number of aliphatic hydroxyl groups excluding tert-OH is 1. The number of nitrogens with zero attached hydrogens (tertiary/aromatic N) is 1. The molecule has 378 valence electrons. The molecule has 17 N–H and O–H groups in total. The molecule has 3 aromatic carbocycles. The van der Waals surface area contributed by atoms with Crippen LogP contribution in [0.5, 0.6) is 0 Å². The minimum absolute atomic E-state index is 0.0197.